The molecular weight excluding hydrogens is 479 g/mol. The molecule has 0 spiro atoms. The molecule has 4 heterocycles. The number of morpholine rings is 1. The highest BCUT2D eigenvalue weighted by Crippen LogP contribution is 2.50. The number of anilines is 2. The Kier molecular flexibility index (Phi) is 6.08. The van der Waals surface area contributed by atoms with Crippen LogP contribution in [0, 0.1) is 5.95 Å². The van der Waals surface area contributed by atoms with Crippen LogP contribution in [-0.2, 0) is 11.3 Å². The fraction of sp³-hybridized carbons (Fsp3) is 0.185. The van der Waals surface area contributed by atoms with E-state index in [1.165, 1.54) is 12.3 Å². The molecule has 0 aliphatic carbocycles. The Labute approximate surface area is 211 Å². The molecule has 1 fully saturated rings. The van der Waals surface area contributed by atoms with E-state index < -0.39 is 5.95 Å². The molecule has 4 aromatic rings. The summed E-state index contributed by atoms with van der Waals surface area (Å²) in [5.74, 6) is 1.09. The maximum absolute atomic E-state index is 13.0. The lowest BCUT2D eigenvalue weighted by Gasteiger charge is -2.35. The van der Waals surface area contributed by atoms with Gasteiger partial charge in [-0.1, -0.05) is 30.0 Å². The van der Waals surface area contributed by atoms with Gasteiger partial charge in [-0.25, -0.2) is 4.98 Å². The largest absolute Gasteiger partial charge is 0.455 e. The van der Waals surface area contributed by atoms with Crippen LogP contribution in [0.3, 0.4) is 0 Å². The van der Waals surface area contributed by atoms with Crippen LogP contribution in [0.25, 0.3) is 0 Å². The van der Waals surface area contributed by atoms with Gasteiger partial charge in [0.05, 0.1) is 16.4 Å². The lowest BCUT2D eigenvalue weighted by atomic mass is 10.1. The van der Waals surface area contributed by atoms with Crippen LogP contribution >= 0.6 is 11.8 Å². The van der Waals surface area contributed by atoms with Crippen molar-refractivity contribution in [2.24, 2.45) is 0 Å². The molecular formula is C27H23FN4O3S. The summed E-state index contributed by atoms with van der Waals surface area (Å²) in [6, 6.07) is 18.8. The van der Waals surface area contributed by atoms with E-state index in [1.807, 2.05) is 48.5 Å². The second kappa shape index (κ2) is 9.67. The van der Waals surface area contributed by atoms with E-state index in [-0.39, 0.29) is 11.7 Å². The van der Waals surface area contributed by atoms with Gasteiger partial charge in [-0.2, -0.15) is 4.39 Å². The number of ether oxygens (including phenoxy) is 2. The molecule has 9 heteroatoms. The second-order valence-electron chi connectivity index (χ2n) is 8.57. The number of pyridine rings is 2. The summed E-state index contributed by atoms with van der Waals surface area (Å²) in [5.41, 5.74) is 3.34. The van der Waals surface area contributed by atoms with Gasteiger partial charge in [0, 0.05) is 43.3 Å². The number of aromatic amines is 1. The lowest BCUT2D eigenvalue weighted by Crippen LogP contribution is -2.41. The minimum absolute atomic E-state index is 0.103. The van der Waals surface area contributed by atoms with Gasteiger partial charge in [-0.3, -0.25) is 4.79 Å². The minimum atomic E-state index is -0.487. The Hall–Kier alpha value is -3.82. The molecule has 182 valence electrons. The normalized spacial score (nSPS) is 16.6. The zero-order valence-electron chi connectivity index (χ0n) is 19.2. The third-order valence-corrected chi connectivity index (χ3v) is 7.30. The first-order valence-corrected chi connectivity index (χ1v) is 12.5. The van der Waals surface area contributed by atoms with E-state index in [2.05, 4.69) is 20.2 Å². The molecule has 7 nitrogen and oxygen atoms in total. The predicted molar refractivity (Wildman–Crippen MR) is 137 cm³/mol. The van der Waals surface area contributed by atoms with Crippen molar-refractivity contribution >= 4 is 23.1 Å². The summed E-state index contributed by atoms with van der Waals surface area (Å²) in [4.78, 5) is 22.8. The van der Waals surface area contributed by atoms with Crippen molar-refractivity contribution in [3.8, 4) is 11.5 Å². The Morgan fingerprint density at radius 1 is 1.14 bits per heavy atom. The smallest absolute Gasteiger partial charge is 0.271 e. The molecule has 1 unspecified atom stereocenters. The van der Waals surface area contributed by atoms with E-state index in [1.54, 1.807) is 24.0 Å². The van der Waals surface area contributed by atoms with Crippen molar-refractivity contribution in [3.63, 3.8) is 0 Å². The molecule has 2 aliphatic heterocycles. The Bertz CT molecular complexity index is 1460. The summed E-state index contributed by atoms with van der Waals surface area (Å²) in [6.07, 6.45) is 2.94. The van der Waals surface area contributed by atoms with E-state index in [4.69, 9.17) is 9.47 Å². The molecule has 0 saturated carbocycles. The molecule has 0 bridgehead atoms. The Balaban J connectivity index is 1.20. The number of rotatable bonds is 5. The van der Waals surface area contributed by atoms with E-state index in [9.17, 15) is 9.18 Å². The number of fused-ring (bicyclic) bond motifs is 2. The van der Waals surface area contributed by atoms with E-state index in [0.29, 0.717) is 31.9 Å². The molecule has 2 N–H and O–H groups in total. The molecule has 1 atom stereocenters. The van der Waals surface area contributed by atoms with Gasteiger partial charge >= 0.3 is 0 Å². The van der Waals surface area contributed by atoms with Gasteiger partial charge in [0.15, 0.2) is 0 Å². The highest BCUT2D eigenvalue weighted by atomic mass is 32.2. The number of H-pyrrole nitrogens is 1. The number of hydrogen-bond acceptors (Lipinski definition) is 7. The fourth-order valence-corrected chi connectivity index (χ4v) is 5.45. The van der Waals surface area contributed by atoms with Crippen LogP contribution in [0.2, 0.25) is 0 Å². The summed E-state index contributed by atoms with van der Waals surface area (Å²) in [7, 11) is 0. The van der Waals surface area contributed by atoms with Crippen molar-refractivity contribution in [2.45, 2.75) is 22.4 Å². The first-order chi connectivity index (χ1) is 17.6. The van der Waals surface area contributed by atoms with Crippen molar-refractivity contribution in [3.05, 3.63) is 100 Å². The van der Waals surface area contributed by atoms with E-state index in [0.717, 1.165) is 38.1 Å². The van der Waals surface area contributed by atoms with Gasteiger partial charge in [-0.05, 0) is 48.0 Å². The van der Waals surface area contributed by atoms with Crippen LogP contribution in [-0.4, -0.2) is 29.7 Å². The fourth-order valence-electron chi connectivity index (χ4n) is 4.42. The summed E-state index contributed by atoms with van der Waals surface area (Å²) in [5, 5.41) is 3.36. The van der Waals surface area contributed by atoms with Crippen molar-refractivity contribution < 1.29 is 13.9 Å². The second-order valence-corrected chi connectivity index (χ2v) is 9.66. The maximum atomic E-state index is 13.0. The first kappa shape index (κ1) is 22.6. The van der Waals surface area contributed by atoms with Crippen LogP contribution in [0.5, 0.6) is 11.5 Å². The average Bonchev–Trinajstić information content (AvgIpc) is 2.91. The summed E-state index contributed by atoms with van der Waals surface area (Å²) in [6.45, 7) is 2.27. The predicted octanol–water partition coefficient (Wildman–Crippen LogP) is 5.36. The number of halogens is 1. The molecule has 2 aromatic heterocycles. The molecule has 0 amide bonds. The lowest BCUT2D eigenvalue weighted by molar-refractivity contribution is 0.0382. The zero-order chi connectivity index (χ0) is 24.5. The maximum Gasteiger partial charge on any atom is 0.271 e. The Morgan fingerprint density at radius 3 is 2.94 bits per heavy atom. The van der Waals surface area contributed by atoms with Crippen LogP contribution in [0.1, 0.15) is 17.2 Å². The third-order valence-electron chi connectivity index (χ3n) is 6.22. The standard InChI is InChI=1S/C27H23FN4O3S/c28-25-9-6-17(15-31-25)14-30-18-7-8-21-24(13-18)36-23-5-1-3-19(26(23)35-21)22-16-32(11-12-34-22)20-4-2-10-29-27(20)33/h1-10,13,15,22,30H,11-12,14,16H2,(H,29,33). The first-order valence-electron chi connectivity index (χ1n) is 11.7. The molecule has 6 rings (SSSR count). The van der Waals surface area contributed by atoms with Gasteiger partial charge in [0.25, 0.3) is 5.56 Å². The Morgan fingerprint density at radius 2 is 2.08 bits per heavy atom. The van der Waals surface area contributed by atoms with Crippen molar-refractivity contribution in [2.75, 3.05) is 29.9 Å². The van der Waals surface area contributed by atoms with Gasteiger partial charge < -0.3 is 24.7 Å². The average molecular weight is 503 g/mol. The number of hydrogen-bond donors (Lipinski definition) is 2. The zero-order valence-corrected chi connectivity index (χ0v) is 20.1. The van der Waals surface area contributed by atoms with Crippen molar-refractivity contribution in [1.82, 2.24) is 9.97 Å². The molecule has 2 aromatic carbocycles. The van der Waals surface area contributed by atoms with Crippen molar-refractivity contribution in [1.29, 1.82) is 0 Å². The number of benzene rings is 2. The van der Waals surface area contributed by atoms with E-state index >= 15 is 0 Å². The molecule has 1 saturated heterocycles. The van der Waals surface area contributed by atoms with Gasteiger partial charge in [-0.15, -0.1) is 0 Å². The molecule has 2 aliphatic rings. The van der Waals surface area contributed by atoms with Gasteiger partial charge in [0.1, 0.15) is 23.3 Å². The monoisotopic (exact) mass is 502 g/mol. The van der Waals surface area contributed by atoms with Crippen LogP contribution in [0.4, 0.5) is 15.8 Å². The number of nitrogens with one attached hydrogen (secondary N) is 2. The van der Waals surface area contributed by atoms with Crippen LogP contribution < -0.4 is 20.5 Å². The summed E-state index contributed by atoms with van der Waals surface area (Å²) < 4.78 is 25.6. The number of para-hydroxylation sites is 1. The van der Waals surface area contributed by atoms with Crippen LogP contribution in [0.15, 0.2) is 87.6 Å². The topological polar surface area (TPSA) is 79.5 Å². The third kappa shape index (κ3) is 4.55. The summed E-state index contributed by atoms with van der Waals surface area (Å²) >= 11 is 1.65. The number of nitrogens with zero attached hydrogens (tertiary/aromatic N) is 2. The quantitative estimate of drug-likeness (QED) is 0.314. The highest BCUT2D eigenvalue weighted by molar-refractivity contribution is 7.99. The highest BCUT2D eigenvalue weighted by Gasteiger charge is 2.29. The minimum Gasteiger partial charge on any atom is -0.455 e. The van der Waals surface area contributed by atoms with Gasteiger partial charge in [0.2, 0.25) is 5.95 Å². The molecule has 0 radical (unpaired) electrons. The molecule has 36 heavy (non-hydrogen) atoms. The SMILES string of the molecule is O=c1[nH]cccc1N1CCOC(c2cccc3c2Oc2ccc(NCc4ccc(F)nc4)cc2S3)C1. The number of aromatic nitrogens is 2.